The van der Waals surface area contributed by atoms with Crippen molar-refractivity contribution in [1.29, 1.82) is 0 Å². The Labute approximate surface area is 125 Å². The molecule has 1 aliphatic rings. The van der Waals surface area contributed by atoms with Gasteiger partial charge in [-0.15, -0.1) is 0 Å². The normalized spacial score (nSPS) is 20.1. The quantitative estimate of drug-likeness (QED) is 0.906. The van der Waals surface area contributed by atoms with E-state index < -0.39 is 9.84 Å². The Morgan fingerprint density at radius 3 is 2.62 bits per heavy atom. The van der Waals surface area contributed by atoms with Crippen molar-refractivity contribution < 1.29 is 17.5 Å². The van der Waals surface area contributed by atoms with E-state index in [-0.39, 0.29) is 29.1 Å². The molecule has 1 heterocycles. The van der Waals surface area contributed by atoms with Crippen LogP contribution in [0.4, 0.5) is 4.39 Å². The van der Waals surface area contributed by atoms with Gasteiger partial charge in [0.1, 0.15) is 9.84 Å². The van der Waals surface area contributed by atoms with E-state index in [1.165, 1.54) is 13.2 Å². The topological polar surface area (TPSA) is 55.4 Å². The number of benzene rings is 1. The summed E-state index contributed by atoms with van der Waals surface area (Å²) in [6.45, 7) is 2.73. The van der Waals surface area contributed by atoms with Crippen LogP contribution in [0.2, 0.25) is 0 Å². The minimum absolute atomic E-state index is 0.0175. The Morgan fingerprint density at radius 1 is 1.38 bits per heavy atom. The zero-order valence-electron chi connectivity index (χ0n) is 12.4. The van der Waals surface area contributed by atoms with E-state index in [4.69, 9.17) is 4.74 Å². The van der Waals surface area contributed by atoms with Crippen molar-refractivity contribution in [1.82, 2.24) is 5.32 Å². The molecule has 4 nitrogen and oxygen atoms in total. The highest BCUT2D eigenvalue weighted by Crippen LogP contribution is 2.23. The van der Waals surface area contributed by atoms with Crippen LogP contribution in [-0.2, 0) is 9.84 Å². The Kier molecular flexibility index (Phi) is 5.22. The van der Waals surface area contributed by atoms with E-state index in [1.54, 1.807) is 6.07 Å². The smallest absolute Gasteiger partial charge is 0.165 e. The molecule has 0 aromatic heterocycles. The first-order valence-corrected chi connectivity index (χ1v) is 9.00. The van der Waals surface area contributed by atoms with Gasteiger partial charge in [-0.3, -0.25) is 0 Å². The summed E-state index contributed by atoms with van der Waals surface area (Å²) in [6.07, 6.45) is 1.41. The number of nitrogens with one attached hydrogen (secondary N) is 1. The van der Waals surface area contributed by atoms with Gasteiger partial charge in [-0.25, -0.2) is 12.8 Å². The second-order valence-electron chi connectivity index (χ2n) is 5.62. The maximum Gasteiger partial charge on any atom is 0.165 e. The molecule has 1 aromatic rings. The van der Waals surface area contributed by atoms with Crippen molar-refractivity contribution in [2.75, 3.05) is 25.2 Å². The molecule has 0 radical (unpaired) electrons. The average Bonchev–Trinajstić information content (AvgIpc) is 2.45. The molecule has 0 bridgehead atoms. The predicted molar refractivity (Wildman–Crippen MR) is 80.7 cm³/mol. The van der Waals surface area contributed by atoms with Crippen molar-refractivity contribution in [2.24, 2.45) is 5.92 Å². The summed E-state index contributed by atoms with van der Waals surface area (Å²) in [6, 6.07) is 4.95. The average molecular weight is 315 g/mol. The molecule has 1 aromatic carbocycles. The Bertz CT molecular complexity index is 575. The second-order valence-corrected chi connectivity index (χ2v) is 7.92. The number of methoxy groups -OCH3 is 1. The van der Waals surface area contributed by atoms with Gasteiger partial charge in [0.25, 0.3) is 0 Å². The molecule has 0 saturated carbocycles. The number of halogens is 1. The molecule has 1 N–H and O–H groups in total. The lowest BCUT2D eigenvalue weighted by Crippen LogP contribution is -2.32. The monoisotopic (exact) mass is 315 g/mol. The molecule has 0 amide bonds. The zero-order valence-corrected chi connectivity index (χ0v) is 13.2. The van der Waals surface area contributed by atoms with E-state index in [9.17, 15) is 12.8 Å². The molecule has 6 heteroatoms. The van der Waals surface area contributed by atoms with Crippen molar-refractivity contribution in [3.63, 3.8) is 0 Å². The number of hydrogen-bond donors (Lipinski definition) is 1. The van der Waals surface area contributed by atoms with Crippen LogP contribution in [0.3, 0.4) is 0 Å². The molecule has 0 unspecified atom stereocenters. The molecule has 1 aliphatic heterocycles. The van der Waals surface area contributed by atoms with Crippen molar-refractivity contribution in [2.45, 2.75) is 25.8 Å². The maximum atomic E-state index is 13.7. The van der Waals surface area contributed by atoms with E-state index >= 15 is 0 Å². The van der Waals surface area contributed by atoms with Crippen LogP contribution in [0, 0.1) is 11.7 Å². The number of hydrogen-bond acceptors (Lipinski definition) is 4. The minimum atomic E-state index is -2.81. The van der Waals surface area contributed by atoms with Crippen LogP contribution >= 0.6 is 0 Å². The molecule has 2 rings (SSSR count). The highest BCUT2D eigenvalue weighted by atomic mass is 32.2. The lowest BCUT2D eigenvalue weighted by molar-refractivity contribution is 0.384. The first kappa shape index (κ1) is 16.2. The van der Waals surface area contributed by atoms with E-state index in [0.717, 1.165) is 12.1 Å². The van der Waals surface area contributed by atoms with Gasteiger partial charge in [-0.05, 0) is 49.9 Å². The van der Waals surface area contributed by atoms with Crippen LogP contribution in [0.25, 0.3) is 0 Å². The van der Waals surface area contributed by atoms with Crippen LogP contribution in [0.5, 0.6) is 5.75 Å². The van der Waals surface area contributed by atoms with Gasteiger partial charge in [0.2, 0.25) is 0 Å². The summed E-state index contributed by atoms with van der Waals surface area (Å²) < 4.78 is 41.3. The number of ether oxygens (including phenoxy) is 1. The molecule has 0 spiro atoms. The summed E-state index contributed by atoms with van der Waals surface area (Å²) in [4.78, 5) is 0. The third-order valence-electron chi connectivity index (χ3n) is 4.06. The van der Waals surface area contributed by atoms with Gasteiger partial charge in [-0.2, -0.15) is 0 Å². The van der Waals surface area contributed by atoms with Gasteiger partial charge < -0.3 is 10.1 Å². The van der Waals surface area contributed by atoms with Gasteiger partial charge >= 0.3 is 0 Å². The molecular formula is C15H22FNO3S. The summed E-state index contributed by atoms with van der Waals surface area (Å²) >= 11 is 0. The number of sulfone groups is 1. The summed E-state index contributed by atoms with van der Waals surface area (Å²) in [5, 5.41) is 3.36. The third kappa shape index (κ3) is 4.41. The fraction of sp³-hybridized carbons (Fsp3) is 0.600. The van der Waals surface area contributed by atoms with Crippen molar-refractivity contribution in [3.05, 3.63) is 29.6 Å². The van der Waals surface area contributed by atoms with Crippen LogP contribution in [0.15, 0.2) is 18.2 Å². The molecule has 1 atom stereocenters. The standard InChI is InChI=1S/C15H22FNO3S/c1-11(13-3-4-15(20-2)14(16)9-13)17-10-12-5-7-21(18,19)8-6-12/h3-4,9,11-12,17H,5-8,10H2,1-2H3/t11-/m1/s1. The summed E-state index contributed by atoms with van der Waals surface area (Å²) in [5.74, 6) is 0.811. The number of rotatable bonds is 5. The minimum Gasteiger partial charge on any atom is -0.494 e. The first-order valence-electron chi connectivity index (χ1n) is 7.18. The van der Waals surface area contributed by atoms with Crippen LogP contribution in [0.1, 0.15) is 31.4 Å². The molecule has 118 valence electrons. The summed E-state index contributed by atoms with van der Waals surface area (Å²) in [7, 11) is -1.37. The molecular weight excluding hydrogens is 293 g/mol. The third-order valence-corrected chi connectivity index (χ3v) is 5.78. The largest absolute Gasteiger partial charge is 0.494 e. The second kappa shape index (κ2) is 6.75. The van der Waals surface area contributed by atoms with Gasteiger partial charge in [0.05, 0.1) is 18.6 Å². The first-order chi connectivity index (χ1) is 9.91. The molecule has 21 heavy (non-hydrogen) atoms. The summed E-state index contributed by atoms with van der Waals surface area (Å²) in [5.41, 5.74) is 0.858. The SMILES string of the molecule is COc1ccc([C@@H](C)NCC2CCS(=O)(=O)CC2)cc1F. The van der Waals surface area contributed by atoms with Gasteiger partial charge in [-0.1, -0.05) is 6.07 Å². The van der Waals surface area contributed by atoms with Crippen LogP contribution in [-0.4, -0.2) is 33.6 Å². The zero-order chi connectivity index (χ0) is 15.5. The Balaban J connectivity index is 1.87. The highest BCUT2D eigenvalue weighted by molar-refractivity contribution is 7.91. The lowest BCUT2D eigenvalue weighted by Gasteiger charge is -2.24. The van der Waals surface area contributed by atoms with Crippen molar-refractivity contribution >= 4 is 9.84 Å². The fourth-order valence-corrected chi connectivity index (χ4v) is 4.15. The van der Waals surface area contributed by atoms with Gasteiger partial charge in [0.15, 0.2) is 11.6 Å². The highest BCUT2D eigenvalue weighted by Gasteiger charge is 2.23. The van der Waals surface area contributed by atoms with Crippen LogP contribution < -0.4 is 10.1 Å². The predicted octanol–water partition coefficient (Wildman–Crippen LogP) is 2.31. The van der Waals surface area contributed by atoms with Gasteiger partial charge in [0, 0.05) is 6.04 Å². The van der Waals surface area contributed by atoms with E-state index in [1.807, 2.05) is 13.0 Å². The Morgan fingerprint density at radius 2 is 2.05 bits per heavy atom. The van der Waals surface area contributed by atoms with Crippen molar-refractivity contribution in [3.8, 4) is 5.75 Å². The molecule has 1 saturated heterocycles. The van der Waals surface area contributed by atoms with E-state index in [0.29, 0.717) is 18.8 Å². The Hall–Kier alpha value is -1.14. The maximum absolute atomic E-state index is 13.7. The molecule has 0 aliphatic carbocycles. The lowest BCUT2D eigenvalue weighted by atomic mass is 10.0. The van der Waals surface area contributed by atoms with E-state index in [2.05, 4.69) is 5.32 Å². The fourth-order valence-electron chi connectivity index (χ4n) is 2.56. The molecule has 1 fully saturated rings.